The first-order valence-electron chi connectivity index (χ1n) is 8.48. The van der Waals surface area contributed by atoms with Gasteiger partial charge in [0, 0.05) is 28.2 Å². The molecule has 3 rings (SSSR count). The molecule has 0 aromatic heterocycles. The summed E-state index contributed by atoms with van der Waals surface area (Å²) in [4.78, 5) is 23.6. The van der Waals surface area contributed by atoms with E-state index in [0.29, 0.717) is 15.6 Å². The van der Waals surface area contributed by atoms with Gasteiger partial charge in [-0.2, -0.15) is 0 Å². The number of rotatable bonds is 7. The predicted octanol–water partition coefficient (Wildman–Crippen LogP) is 6.55. The van der Waals surface area contributed by atoms with Gasteiger partial charge in [-0.15, -0.1) is 0 Å². The molecule has 0 bridgehead atoms. The molecule has 0 aliphatic rings. The molecule has 0 heterocycles. The van der Waals surface area contributed by atoms with Crippen LogP contribution in [0.4, 0.5) is 11.4 Å². The maximum Gasteiger partial charge on any atom is 0.283 e. The van der Waals surface area contributed by atoms with E-state index >= 15 is 0 Å². The van der Waals surface area contributed by atoms with Crippen molar-refractivity contribution in [3.63, 3.8) is 0 Å². The molecule has 0 fully saturated rings. The zero-order chi connectivity index (χ0) is 20.1. The molecule has 1 atom stereocenters. The van der Waals surface area contributed by atoms with Crippen LogP contribution in [0.2, 0.25) is 0 Å². The summed E-state index contributed by atoms with van der Waals surface area (Å²) in [6.45, 7) is 0. The number of nitrogens with zero attached hydrogens (tertiary/aromatic N) is 1. The van der Waals surface area contributed by atoms with E-state index in [2.05, 4.69) is 37.2 Å². The van der Waals surface area contributed by atoms with Crippen molar-refractivity contribution in [1.29, 1.82) is 0 Å². The Kier molecular flexibility index (Phi) is 6.59. The molecule has 0 amide bonds. The Morgan fingerprint density at radius 1 is 1.00 bits per heavy atom. The molecule has 0 saturated heterocycles. The normalized spacial score (nSPS) is 11.6. The first kappa shape index (κ1) is 20.2. The van der Waals surface area contributed by atoms with E-state index in [-0.39, 0.29) is 17.9 Å². The van der Waals surface area contributed by atoms with Crippen LogP contribution < -0.4 is 5.32 Å². The Labute approximate surface area is 179 Å². The van der Waals surface area contributed by atoms with Crippen LogP contribution in [0.25, 0.3) is 0 Å². The molecule has 3 aromatic carbocycles. The smallest absolute Gasteiger partial charge is 0.283 e. The second-order valence-electron chi connectivity index (χ2n) is 6.17. The summed E-state index contributed by atoms with van der Waals surface area (Å²) in [7, 11) is 0. The number of anilines is 1. The lowest BCUT2D eigenvalue weighted by Gasteiger charge is -2.20. The molecule has 0 saturated carbocycles. The van der Waals surface area contributed by atoms with Gasteiger partial charge in [-0.1, -0.05) is 52.3 Å². The van der Waals surface area contributed by atoms with Gasteiger partial charge >= 0.3 is 0 Å². The quantitative estimate of drug-likeness (QED) is 0.225. The largest absolute Gasteiger partial charge is 0.378 e. The van der Waals surface area contributed by atoms with Crippen molar-refractivity contribution >= 4 is 49.0 Å². The number of benzene rings is 3. The molecule has 0 radical (unpaired) electrons. The number of nitro groups is 1. The fourth-order valence-corrected chi connectivity index (χ4v) is 3.47. The van der Waals surface area contributed by atoms with E-state index in [4.69, 9.17) is 0 Å². The number of hydrogen-bond donors (Lipinski definition) is 1. The van der Waals surface area contributed by atoms with Crippen LogP contribution in [0.5, 0.6) is 0 Å². The van der Waals surface area contributed by atoms with Crippen molar-refractivity contribution < 1.29 is 9.72 Å². The first-order chi connectivity index (χ1) is 13.4. The molecule has 0 aliphatic carbocycles. The summed E-state index contributed by atoms with van der Waals surface area (Å²) in [5.74, 6) is -0.0409. The minimum absolute atomic E-state index is 0.0349. The molecule has 0 aliphatic heterocycles. The monoisotopic (exact) mass is 502 g/mol. The van der Waals surface area contributed by atoms with E-state index in [0.717, 1.165) is 10.2 Å². The van der Waals surface area contributed by atoms with Gasteiger partial charge in [-0.25, -0.2) is 0 Å². The lowest BCUT2D eigenvalue weighted by atomic mass is 9.97. The zero-order valence-electron chi connectivity index (χ0n) is 14.6. The molecule has 5 nitrogen and oxygen atoms in total. The maximum absolute atomic E-state index is 12.8. The number of hydrogen-bond acceptors (Lipinski definition) is 4. The predicted molar refractivity (Wildman–Crippen MR) is 117 cm³/mol. The Bertz CT molecular complexity index is 992. The molecule has 142 valence electrons. The van der Waals surface area contributed by atoms with E-state index in [1.54, 1.807) is 24.3 Å². The number of ketones is 1. The summed E-state index contributed by atoms with van der Waals surface area (Å²) in [6.07, 6.45) is 0.166. The standard InChI is InChI=1S/C21H16Br2N2O3/c22-16-7-9-17(10-8-16)24-19(13-21(26)14-4-2-1-3-5-14)15-6-11-18(23)20(12-15)25(27)28/h1-12,19,24H,13H2. The van der Waals surface area contributed by atoms with Crippen LogP contribution >= 0.6 is 31.9 Å². The van der Waals surface area contributed by atoms with Crippen LogP contribution in [-0.4, -0.2) is 10.7 Å². The van der Waals surface area contributed by atoms with E-state index in [1.807, 2.05) is 42.5 Å². The number of carbonyl (C=O) groups is 1. The minimum atomic E-state index is -0.441. The van der Waals surface area contributed by atoms with Gasteiger partial charge in [-0.05, 0) is 51.8 Å². The van der Waals surface area contributed by atoms with Crippen LogP contribution in [0.3, 0.4) is 0 Å². The highest BCUT2D eigenvalue weighted by atomic mass is 79.9. The highest BCUT2D eigenvalue weighted by Crippen LogP contribution is 2.32. The highest BCUT2D eigenvalue weighted by Gasteiger charge is 2.21. The molecular weight excluding hydrogens is 488 g/mol. The lowest BCUT2D eigenvalue weighted by molar-refractivity contribution is -0.385. The Morgan fingerprint density at radius 3 is 2.32 bits per heavy atom. The number of halogens is 2. The third-order valence-corrected chi connectivity index (χ3v) is 5.44. The van der Waals surface area contributed by atoms with Crippen LogP contribution in [0, 0.1) is 10.1 Å². The van der Waals surface area contributed by atoms with Crippen LogP contribution in [-0.2, 0) is 0 Å². The molecule has 0 spiro atoms. The zero-order valence-corrected chi connectivity index (χ0v) is 17.8. The van der Waals surface area contributed by atoms with Crippen molar-refractivity contribution in [1.82, 2.24) is 0 Å². The second kappa shape index (κ2) is 9.12. The fraction of sp³-hybridized carbons (Fsp3) is 0.0952. The van der Waals surface area contributed by atoms with Gasteiger partial charge in [0.2, 0.25) is 0 Å². The van der Waals surface area contributed by atoms with Crippen LogP contribution in [0.15, 0.2) is 81.7 Å². The molecule has 28 heavy (non-hydrogen) atoms. The molecular formula is C21H16Br2N2O3. The summed E-state index contributed by atoms with van der Waals surface area (Å²) in [6, 6.07) is 21.1. The first-order valence-corrected chi connectivity index (χ1v) is 10.1. The summed E-state index contributed by atoms with van der Waals surface area (Å²) in [5, 5.41) is 14.6. The van der Waals surface area contributed by atoms with Gasteiger partial charge in [-0.3, -0.25) is 14.9 Å². The number of nitrogens with one attached hydrogen (secondary N) is 1. The summed E-state index contributed by atoms with van der Waals surface area (Å²) in [5.41, 5.74) is 2.06. The number of Topliss-reactive ketones (excluding diaryl/α,β-unsaturated/α-hetero) is 1. The topological polar surface area (TPSA) is 72.2 Å². The summed E-state index contributed by atoms with van der Waals surface area (Å²) >= 11 is 6.61. The minimum Gasteiger partial charge on any atom is -0.378 e. The van der Waals surface area contributed by atoms with Crippen LogP contribution in [0.1, 0.15) is 28.4 Å². The van der Waals surface area contributed by atoms with Gasteiger partial charge < -0.3 is 5.32 Å². The highest BCUT2D eigenvalue weighted by molar-refractivity contribution is 9.10. The average Bonchev–Trinajstić information content (AvgIpc) is 2.70. The van der Waals surface area contributed by atoms with Gasteiger partial charge in [0.1, 0.15) is 0 Å². The van der Waals surface area contributed by atoms with Crippen molar-refractivity contribution in [2.45, 2.75) is 12.5 Å². The number of nitro benzene ring substituents is 1. The van der Waals surface area contributed by atoms with Crippen molar-refractivity contribution in [3.05, 3.63) is 103 Å². The number of carbonyl (C=O) groups excluding carboxylic acids is 1. The van der Waals surface area contributed by atoms with E-state index < -0.39 is 11.0 Å². The van der Waals surface area contributed by atoms with Crippen molar-refractivity contribution in [2.24, 2.45) is 0 Å². The molecule has 7 heteroatoms. The average molecular weight is 504 g/mol. The molecule has 3 aromatic rings. The Morgan fingerprint density at radius 2 is 1.68 bits per heavy atom. The van der Waals surface area contributed by atoms with Crippen molar-refractivity contribution in [3.8, 4) is 0 Å². The van der Waals surface area contributed by atoms with Gasteiger partial charge in [0.15, 0.2) is 5.78 Å². The van der Waals surface area contributed by atoms with Gasteiger partial charge in [0.05, 0.1) is 15.4 Å². The Hall–Kier alpha value is -2.51. The molecule has 1 unspecified atom stereocenters. The van der Waals surface area contributed by atoms with Crippen molar-refractivity contribution in [2.75, 3.05) is 5.32 Å². The summed E-state index contributed by atoms with van der Waals surface area (Å²) < 4.78 is 1.34. The van der Waals surface area contributed by atoms with E-state index in [1.165, 1.54) is 6.07 Å². The fourth-order valence-electron chi connectivity index (χ4n) is 2.81. The van der Waals surface area contributed by atoms with E-state index in [9.17, 15) is 14.9 Å². The third-order valence-electron chi connectivity index (χ3n) is 4.24. The third kappa shape index (κ3) is 5.05. The lowest BCUT2D eigenvalue weighted by Crippen LogP contribution is -2.16. The molecule has 1 N–H and O–H groups in total. The second-order valence-corrected chi connectivity index (χ2v) is 7.94. The van der Waals surface area contributed by atoms with Gasteiger partial charge in [0.25, 0.3) is 5.69 Å². The Balaban J connectivity index is 1.94. The SMILES string of the molecule is O=C(CC(Nc1ccc(Br)cc1)c1ccc(Br)c([N+](=O)[O-])c1)c1ccccc1. The maximum atomic E-state index is 12.8.